The Hall–Kier alpha value is -2.23. The van der Waals surface area contributed by atoms with Crippen LogP contribution in [0.25, 0.3) is 0 Å². The summed E-state index contributed by atoms with van der Waals surface area (Å²) in [6, 6.07) is 10.9. The summed E-state index contributed by atoms with van der Waals surface area (Å²) in [5.41, 5.74) is 7.19. The van der Waals surface area contributed by atoms with Gasteiger partial charge in [0.15, 0.2) is 0 Å². The minimum absolute atomic E-state index is 0.0356. The Morgan fingerprint density at radius 3 is 2.57 bits per heavy atom. The maximum Gasteiger partial charge on any atom is 0.263 e. The van der Waals surface area contributed by atoms with Crippen molar-refractivity contribution in [3.63, 3.8) is 0 Å². The first kappa shape index (κ1) is 15.2. The van der Waals surface area contributed by atoms with Crippen LogP contribution < -0.4 is 10.5 Å². The number of anilines is 2. The summed E-state index contributed by atoms with van der Waals surface area (Å²) >= 11 is 5.94. The van der Waals surface area contributed by atoms with Gasteiger partial charge in [-0.2, -0.15) is 5.26 Å². The van der Waals surface area contributed by atoms with Gasteiger partial charge in [0, 0.05) is 0 Å². The molecule has 2 rings (SSSR count). The average Bonchev–Trinajstić information content (AvgIpc) is 2.40. The highest BCUT2D eigenvalue weighted by Gasteiger charge is 2.19. The number of sulfonamides is 1. The first-order chi connectivity index (χ1) is 9.83. The van der Waals surface area contributed by atoms with Gasteiger partial charge in [-0.25, -0.2) is 8.42 Å². The number of nitrogens with two attached hydrogens (primary N) is 1. The van der Waals surface area contributed by atoms with Crippen molar-refractivity contribution in [1.82, 2.24) is 0 Å². The number of nitrogens with one attached hydrogen (secondary N) is 1. The van der Waals surface area contributed by atoms with Gasteiger partial charge in [-0.1, -0.05) is 17.7 Å². The first-order valence-electron chi connectivity index (χ1n) is 5.92. The minimum Gasteiger partial charge on any atom is -0.398 e. The Bertz CT molecular complexity index is 842. The van der Waals surface area contributed by atoms with Crippen LogP contribution >= 0.6 is 11.6 Å². The second-order valence-corrected chi connectivity index (χ2v) is 6.51. The molecule has 0 unspecified atom stereocenters. The van der Waals surface area contributed by atoms with E-state index >= 15 is 0 Å². The number of aryl methyl sites for hydroxylation is 1. The van der Waals surface area contributed by atoms with Gasteiger partial charge >= 0.3 is 0 Å². The average molecular weight is 322 g/mol. The van der Waals surface area contributed by atoms with Crippen molar-refractivity contribution >= 4 is 33.0 Å². The molecule has 3 N–H and O–H groups in total. The lowest BCUT2D eigenvalue weighted by atomic mass is 10.2. The van der Waals surface area contributed by atoms with Gasteiger partial charge in [-0.05, 0) is 42.8 Å². The third-order valence-corrected chi connectivity index (χ3v) is 4.56. The highest BCUT2D eigenvalue weighted by Crippen LogP contribution is 2.27. The molecule has 0 fully saturated rings. The molecule has 2 aromatic rings. The van der Waals surface area contributed by atoms with Gasteiger partial charge < -0.3 is 5.73 Å². The van der Waals surface area contributed by atoms with Crippen LogP contribution in [0.5, 0.6) is 0 Å². The molecule has 0 aromatic heterocycles. The molecule has 0 aliphatic heterocycles. The second kappa shape index (κ2) is 5.64. The summed E-state index contributed by atoms with van der Waals surface area (Å²) in [6.45, 7) is 1.81. The lowest BCUT2D eigenvalue weighted by Gasteiger charge is -2.12. The normalized spacial score (nSPS) is 10.9. The van der Waals surface area contributed by atoms with Crippen molar-refractivity contribution in [2.24, 2.45) is 0 Å². The smallest absolute Gasteiger partial charge is 0.263 e. The standard InChI is InChI=1S/C14H12ClN3O2S/c1-9-2-5-14(12(17)6-9)21(19,20)18-13-7-10(8-16)3-4-11(13)15/h2-7,18H,17H2,1H3. The Labute approximate surface area is 128 Å². The molecule has 2 aromatic carbocycles. The zero-order valence-corrected chi connectivity index (χ0v) is 12.7. The van der Waals surface area contributed by atoms with E-state index in [1.54, 1.807) is 12.1 Å². The summed E-state index contributed by atoms with van der Waals surface area (Å²) in [6.07, 6.45) is 0. The predicted octanol–water partition coefficient (Wildman–Crippen LogP) is 2.90. The van der Waals surface area contributed by atoms with Crippen LogP contribution in [0.3, 0.4) is 0 Å². The summed E-state index contributed by atoms with van der Waals surface area (Å²) in [5, 5.41) is 9.05. The van der Waals surface area contributed by atoms with Crippen molar-refractivity contribution < 1.29 is 8.42 Å². The van der Waals surface area contributed by atoms with Gasteiger partial charge in [0.2, 0.25) is 0 Å². The predicted molar refractivity (Wildman–Crippen MR) is 82.6 cm³/mol. The fourth-order valence-corrected chi connectivity index (χ4v) is 3.19. The maximum atomic E-state index is 12.4. The largest absolute Gasteiger partial charge is 0.398 e. The highest BCUT2D eigenvalue weighted by molar-refractivity contribution is 7.92. The van der Waals surface area contributed by atoms with Crippen LogP contribution in [0, 0.1) is 18.3 Å². The van der Waals surface area contributed by atoms with E-state index in [1.807, 2.05) is 13.0 Å². The van der Waals surface area contributed by atoms with E-state index in [1.165, 1.54) is 24.3 Å². The van der Waals surface area contributed by atoms with Crippen molar-refractivity contribution in [3.05, 3.63) is 52.5 Å². The molecule has 108 valence electrons. The summed E-state index contributed by atoms with van der Waals surface area (Å²) < 4.78 is 27.1. The van der Waals surface area contributed by atoms with Crippen molar-refractivity contribution in [3.8, 4) is 6.07 Å². The van der Waals surface area contributed by atoms with E-state index in [0.717, 1.165) is 5.56 Å². The van der Waals surface area contributed by atoms with Crippen LogP contribution in [0.1, 0.15) is 11.1 Å². The van der Waals surface area contributed by atoms with Gasteiger partial charge in [-0.15, -0.1) is 0 Å². The van der Waals surface area contributed by atoms with E-state index < -0.39 is 10.0 Å². The van der Waals surface area contributed by atoms with Crippen LogP contribution in [-0.4, -0.2) is 8.42 Å². The highest BCUT2D eigenvalue weighted by atomic mass is 35.5. The maximum absolute atomic E-state index is 12.4. The van der Waals surface area contributed by atoms with E-state index in [2.05, 4.69) is 4.72 Å². The molecule has 0 amide bonds. The Morgan fingerprint density at radius 1 is 1.24 bits per heavy atom. The Balaban J connectivity index is 2.45. The van der Waals surface area contributed by atoms with Crippen molar-refractivity contribution in [2.45, 2.75) is 11.8 Å². The lowest BCUT2D eigenvalue weighted by molar-refractivity contribution is 0.601. The van der Waals surface area contributed by atoms with Crippen LogP contribution in [-0.2, 0) is 10.0 Å². The molecule has 0 aliphatic carbocycles. The molecular weight excluding hydrogens is 310 g/mol. The molecule has 0 heterocycles. The lowest BCUT2D eigenvalue weighted by Crippen LogP contribution is -2.15. The molecule has 0 atom stereocenters. The number of hydrogen-bond donors (Lipinski definition) is 2. The molecule has 5 nitrogen and oxygen atoms in total. The number of rotatable bonds is 3. The molecule has 0 bridgehead atoms. The molecule has 0 saturated heterocycles. The molecular formula is C14H12ClN3O2S. The quantitative estimate of drug-likeness (QED) is 0.849. The topological polar surface area (TPSA) is 96.0 Å². The SMILES string of the molecule is Cc1ccc(S(=O)(=O)Nc2cc(C#N)ccc2Cl)c(N)c1. The van der Waals surface area contributed by atoms with E-state index in [9.17, 15) is 8.42 Å². The number of halogens is 1. The third kappa shape index (κ3) is 3.27. The fraction of sp³-hybridized carbons (Fsp3) is 0.0714. The minimum atomic E-state index is -3.88. The van der Waals surface area contributed by atoms with Crippen molar-refractivity contribution in [1.29, 1.82) is 5.26 Å². The molecule has 0 saturated carbocycles. The number of benzene rings is 2. The zero-order valence-electron chi connectivity index (χ0n) is 11.1. The second-order valence-electron chi connectivity index (χ2n) is 4.45. The van der Waals surface area contributed by atoms with Crippen LogP contribution in [0.4, 0.5) is 11.4 Å². The van der Waals surface area contributed by atoms with Crippen LogP contribution in [0.2, 0.25) is 5.02 Å². The number of nitriles is 1. The van der Waals surface area contributed by atoms with Gasteiger partial charge in [0.25, 0.3) is 10.0 Å². The summed E-state index contributed by atoms with van der Waals surface area (Å²) in [5.74, 6) is 0. The molecule has 7 heteroatoms. The molecule has 21 heavy (non-hydrogen) atoms. The zero-order chi connectivity index (χ0) is 15.6. The van der Waals surface area contributed by atoms with E-state index in [-0.39, 0.29) is 21.3 Å². The summed E-state index contributed by atoms with van der Waals surface area (Å²) in [7, 11) is -3.88. The monoisotopic (exact) mass is 321 g/mol. The Kier molecular flexibility index (Phi) is 4.07. The number of nitrogen functional groups attached to an aromatic ring is 1. The van der Waals surface area contributed by atoms with Gasteiger partial charge in [-0.3, -0.25) is 4.72 Å². The van der Waals surface area contributed by atoms with Crippen LogP contribution in [0.15, 0.2) is 41.3 Å². The van der Waals surface area contributed by atoms with Gasteiger partial charge in [0.05, 0.1) is 28.0 Å². The molecule has 0 spiro atoms. The van der Waals surface area contributed by atoms with Crippen molar-refractivity contribution in [2.75, 3.05) is 10.5 Å². The first-order valence-corrected chi connectivity index (χ1v) is 7.78. The summed E-state index contributed by atoms with van der Waals surface area (Å²) in [4.78, 5) is -0.0356. The van der Waals surface area contributed by atoms with Gasteiger partial charge in [0.1, 0.15) is 4.90 Å². The van der Waals surface area contributed by atoms with E-state index in [0.29, 0.717) is 5.56 Å². The number of hydrogen-bond acceptors (Lipinski definition) is 4. The van der Waals surface area contributed by atoms with E-state index in [4.69, 9.17) is 22.6 Å². The third-order valence-electron chi connectivity index (χ3n) is 2.79. The number of nitrogens with zero attached hydrogens (tertiary/aromatic N) is 1. The molecule has 0 aliphatic rings. The Morgan fingerprint density at radius 2 is 1.95 bits per heavy atom. The fourth-order valence-electron chi connectivity index (χ4n) is 1.79. The molecule has 0 radical (unpaired) electrons.